The molecular formula is C17H16FN. The van der Waals surface area contributed by atoms with Crippen molar-refractivity contribution in [3.63, 3.8) is 0 Å². The fraction of sp³-hybridized carbons (Fsp3) is 0.176. The fourth-order valence-electron chi connectivity index (χ4n) is 2.85. The first-order valence-electron chi connectivity index (χ1n) is 6.43. The van der Waals surface area contributed by atoms with Gasteiger partial charge in [-0.15, -0.1) is 0 Å². The number of halogens is 1. The summed E-state index contributed by atoms with van der Waals surface area (Å²) in [4.78, 5) is 2.14. The number of hydrogen-bond donors (Lipinski definition) is 0. The van der Waals surface area contributed by atoms with Crippen LogP contribution in [0.3, 0.4) is 0 Å². The standard InChI is InChI=1S/C17H16FN/c1-12-11-13-7-3-6-10-16(13)19(2)17(12)14-8-4-5-9-15(14)18/h3-11,17H,1-2H3. The summed E-state index contributed by atoms with van der Waals surface area (Å²) in [5.41, 5.74) is 4.22. The molecule has 0 bridgehead atoms. The Morgan fingerprint density at radius 3 is 2.47 bits per heavy atom. The molecule has 2 heteroatoms. The van der Waals surface area contributed by atoms with E-state index in [0.29, 0.717) is 0 Å². The first kappa shape index (κ1) is 12.0. The molecule has 0 aliphatic carbocycles. The molecule has 1 nitrogen and oxygen atoms in total. The molecule has 0 aromatic heterocycles. The maximum Gasteiger partial charge on any atom is 0.128 e. The van der Waals surface area contributed by atoms with Crippen LogP contribution in [0.15, 0.2) is 54.1 Å². The van der Waals surface area contributed by atoms with Gasteiger partial charge in [0.2, 0.25) is 0 Å². The van der Waals surface area contributed by atoms with Gasteiger partial charge in [-0.3, -0.25) is 0 Å². The Hall–Kier alpha value is -2.09. The van der Waals surface area contributed by atoms with Gasteiger partial charge in [-0.05, 0) is 30.2 Å². The van der Waals surface area contributed by atoms with Gasteiger partial charge in [-0.1, -0.05) is 42.5 Å². The summed E-state index contributed by atoms with van der Waals surface area (Å²) in [6, 6.07) is 15.2. The first-order valence-corrected chi connectivity index (χ1v) is 6.43. The maximum atomic E-state index is 14.0. The molecule has 0 radical (unpaired) electrons. The maximum absolute atomic E-state index is 14.0. The zero-order valence-electron chi connectivity index (χ0n) is 11.1. The second-order valence-electron chi connectivity index (χ2n) is 4.98. The monoisotopic (exact) mass is 253 g/mol. The van der Waals surface area contributed by atoms with E-state index in [-0.39, 0.29) is 11.9 Å². The van der Waals surface area contributed by atoms with Gasteiger partial charge in [0.15, 0.2) is 0 Å². The van der Waals surface area contributed by atoms with E-state index in [1.165, 1.54) is 11.6 Å². The van der Waals surface area contributed by atoms with Crippen LogP contribution in [0, 0.1) is 5.82 Å². The molecule has 0 saturated heterocycles. The van der Waals surface area contributed by atoms with E-state index >= 15 is 0 Å². The van der Waals surface area contributed by atoms with Crippen molar-refractivity contribution >= 4 is 11.8 Å². The second-order valence-corrected chi connectivity index (χ2v) is 4.98. The van der Waals surface area contributed by atoms with E-state index in [1.807, 2.05) is 31.3 Å². The van der Waals surface area contributed by atoms with Crippen molar-refractivity contribution in [1.82, 2.24) is 0 Å². The molecule has 0 fully saturated rings. The van der Waals surface area contributed by atoms with Crippen LogP contribution in [0.1, 0.15) is 24.1 Å². The quantitative estimate of drug-likeness (QED) is 0.727. The van der Waals surface area contributed by atoms with Crippen LogP contribution in [0.25, 0.3) is 6.08 Å². The van der Waals surface area contributed by atoms with Crippen LogP contribution < -0.4 is 4.90 Å². The summed E-state index contributed by atoms with van der Waals surface area (Å²) in [5.74, 6) is -0.147. The van der Waals surface area contributed by atoms with Gasteiger partial charge in [0.05, 0.1) is 6.04 Å². The molecule has 0 saturated carbocycles. The van der Waals surface area contributed by atoms with Crippen LogP contribution in [-0.4, -0.2) is 7.05 Å². The van der Waals surface area contributed by atoms with Gasteiger partial charge < -0.3 is 4.90 Å². The van der Waals surface area contributed by atoms with E-state index in [2.05, 4.69) is 30.0 Å². The fourth-order valence-corrected chi connectivity index (χ4v) is 2.85. The van der Waals surface area contributed by atoms with Crippen molar-refractivity contribution in [1.29, 1.82) is 0 Å². The predicted octanol–water partition coefficient (Wildman–Crippen LogP) is 4.42. The molecule has 1 atom stereocenters. The van der Waals surface area contributed by atoms with E-state index in [4.69, 9.17) is 0 Å². The summed E-state index contributed by atoms with van der Waals surface area (Å²) in [7, 11) is 2.02. The van der Waals surface area contributed by atoms with E-state index in [9.17, 15) is 4.39 Å². The van der Waals surface area contributed by atoms with Gasteiger partial charge in [0.1, 0.15) is 5.82 Å². The van der Waals surface area contributed by atoms with E-state index in [1.54, 1.807) is 6.07 Å². The molecule has 1 unspecified atom stereocenters. The Kier molecular flexibility index (Phi) is 2.86. The number of hydrogen-bond acceptors (Lipinski definition) is 1. The van der Waals surface area contributed by atoms with E-state index < -0.39 is 0 Å². The molecule has 1 aliphatic heterocycles. The number of anilines is 1. The van der Waals surface area contributed by atoms with Gasteiger partial charge >= 0.3 is 0 Å². The molecule has 3 rings (SSSR count). The van der Waals surface area contributed by atoms with Crippen molar-refractivity contribution in [3.05, 3.63) is 71.0 Å². The summed E-state index contributed by atoms with van der Waals surface area (Å²) < 4.78 is 14.0. The normalized spacial score (nSPS) is 17.9. The molecule has 1 aliphatic rings. The summed E-state index contributed by atoms with van der Waals surface area (Å²) >= 11 is 0. The summed E-state index contributed by atoms with van der Waals surface area (Å²) in [6.45, 7) is 2.06. The lowest BCUT2D eigenvalue weighted by molar-refractivity contribution is 0.590. The largest absolute Gasteiger partial charge is 0.363 e. The zero-order chi connectivity index (χ0) is 13.4. The number of likely N-dealkylation sites (N-methyl/N-ethyl adjacent to an activating group) is 1. The lowest BCUT2D eigenvalue weighted by Gasteiger charge is -2.36. The number of fused-ring (bicyclic) bond motifs is 1. The lowest BCUT2D eigenvalue weighted by Crippen LogP contribution is -2.28. The topological polar surface area (TPSA) is 3.24 Å². The third-order valence-electron chi connectivity index (χ3n) is 3.72. The highest BCUT2D eigenvalue weighted by atomic mass is 19.1. The molecular weight excluding hydrogens is 237 g/mol. The summed E-state index contributed by atoms with van der Waals surface area (Å²) in [5, 5.41) is 0. The van der Waals surface area contributed by atoms with Crippen molar-refractivity contribution in [2.24, 2.45) is 0 Å². The smallest absolute Gasteiger partial charge is 0.128 e. The van der Waals surface area contributed by atoms with E-state index in [0.717, 1.165) is 16.8 Å². The number of rotatable bonds is 1. The highest BCUT2D eigenvalue weighted by Gasteiger charge is 2.26. The molecule has 19 heavy (non-hydrogen) atoms. The second kappa shape index (κ2) is 4.54. The minimum absolute atomic E-state index is 0.0314. The number of nitrogens with zero attached hydrogens (tertiary/aromatic N) is 1. The number of para-hydroxylation sites is 1. The predicted molar refractivity (Wildman–Crippen MR) is 77.6 cm³/mol. The van der Waals surface area contributed by atoms with Gasteiger partial charge in [-0.25, -0.2) is 4.39 Å². The molecule has 0 N–H and O–H groups in total. The zero-order valence-corrected chi connectivity index (χ0v) is 11.1. The first-order chi connectivity index (χ1) is 9.18. The SMILES string of the molecule is CC1=Cc2ccccc2N(C)C1c1ccccc1F. The average Bonchev–Trinajstić information content (AvgIpc) is 2.41. The molecule has 0 amide bonds. The molecule has 2 aromatic rings. The van der Waals surface area contributed by atoms with Crippen LogP contribution in [-0.2, 0) is 0 Å². The molecule has 96 valence electrons. The van der Waals surface area contributed by atoms with Crippen LogP contribution >= 0.6 is 0 Å². The van der Waals surface area contributed by atoms with Gasteiger partial charge in [0, 0.05) is 18.3 Å². The highest BCUT2D eigenvalue weighted by Crippen LogP contribution is 2.39. The third kappa shape index (κ3) is 1.93. The molecule has 1 heterocycles. The third-order valence-corrected chi connectivity index (χ3v) is 3.72. The molecule has 0 spiro atoms. The van der Waals surface area contributed by atoms with Gasteiger partial charge in [-0.2, -0.15) is 0 Å². The number of benzene rings is 2. The Morgan fingerprint density at radius 1 is 1.00 bits per heavy atom. The van der Waals surface area contributed by atoms with Crippen molar-refractivity contribution in [2.75, 3.05) is 11.9 Å². The Morgan fingerprint density at radius 2 is 1.68 bits per heavy atom. The van der Waals surface area contributed by atoms with Crippen molar-refractivity contribution < 1.29 is 4.39 Å². The van der Waals surface area contributed by atoms with Crippen LogP contribution in [0.5, 0.6) is 0 Å². The molecule has 2 aromatic carbocycles. The van der Waals surface area contributed by atoms with Gasteiger partial charge in [0.25, 0.3) is 0 Å². The average molecular weight is 253 g/mol. The lowest BCUT2D eigenvalue weighted by atomic mass is 9.91. The van der Waals surface area contributed by atoms with Crippen molar-refractivity contribution in [3.8, 4) is 0 Å². The van der Waals surface area contributed by atoms with Crippen molar-refractivity contribution in [2.45, 2.75) is 13.0 Å². The van der Waals surface area contributed by atoms with Crippen LogP contribution in [0.4, 0.5) is 10.1 Å². The highest BCUT2D eigenvalue weighted by molar-refractivity contribution is 5.74. The Bertz CT molecular complexity index is 645. The Labute approximate surface area is 113 Å². The minimum Gasteiger partial charge on any atom is -0.363 e. The Balaban J connectivity index is 2.13. The van der Waals surface area contributed by atoms with Crippen LogP contribution in [0.2, 0.25) is 0 Å². The summed E-state index contributed by atoms with van der Waals surface area (Å²) in [6.07, 6.45) is 2.15. The minimum atomic E-state index is -0.147.